The molecule has 3 aromatic carbocycles. The molecule has 0 aliphatic rings. The topological polar surface area (TPSA) is 75.9 Å². The Morgan fingerprint density at radius 2 is 1.21 bits per heavy atom. The largest absolute Gasteiger partial charge is 0.351 e. The van der Waals surface area contributed by atoms with Crippen molar-refractivity contribution in [2.24, 2.45) is 0 Å². The number of nitrogens with zero attached hydrogens (tertiary/aromatic N) is 3. The zero-order valence-corrected chi connectivity index (χ0v) is 19.7. The number of benzene rings is 3. The molecule has 0 saturated heterocycles. The van der Waals surface area contributed by atoms with Crippen LogP contribution in [0.5, 0.6) is 0 Å². The van der Waals surface area contributed by atoms with Gasteiger partial charge in [-0.2, -0.15) is 0 Å². The highest BCUT2D eigenvalue weighted by Crippen LogP contribution is 2.39. The Bertz CT molecular complexity index is 1400. The lowest BCUT2D eigenvalue weighted by Crippen LogP contribution is -2.02. The molecule has 0 atom stereocenters. The summed E-state index contributed by atoms with van der Waals surface area (Å²) in [6, 6.07) is 26.1. The van der Waals surface area contributed by atoms with Crippen molar-refractivity contribution in [2.45, 2.75) is 9.79 Å². The summed E-state index contributed by atoms with van der Waals surface area (Å²) in [7, 11) is 0. The first-order valence-electron chi connectivity index (χ1n) is 10.3. The Labute approximate surface area is 200 Å². The molecule has 2 N–H and O–H groups in total. The third-order valence-electron chi connectivity index (χ3n) is 5.16. The summed E-state index contributed by atoms with van der Waals surface area (Å²) in [4.78, 5) is 2.22. The van der Waals surface area contributed by atoms with Gasteiger partial charge in [-0.05, 0) is 36.8 Å². The molecule has 164 valence electrons. The van der Waals surface area contributed by atoms with E-state index in [0.29, 0.717) is 22.9 Å². The number of thioether (sulfide) groups is 2. The van der Waals surface area contributed by atoms with E-state index in [9.17, 15) is 0 Å². The summed E-state index contributed by atoms with van der Waals surface area (Å²) in [5.74, 6) is 1.11. The number of nitrogens with one attached hydrogen (secondary N) is 2. The monoisotopic (exact) mass is 471 g/mol. The van der Waals surface area contributed by atoms with Crippen LogP contribution < -0.4 is 10.6 Å². The Balaban J connectivity index is 1.66. The van der Waals surface area contributed by atoms with Gasteiger partial charge in [0, 0.05) is 15.4 Å². The summed E-state index contributed by atoms with van der Waals surface area (Å²) in [6.45, 7) is 0. The first-order valence-corrected chi connectivity index (χ1v) is 12.7. The fraction of sp³-hybridized carbons (Fsp3) is 0.0800. The number of rotatable bonds is 7. The average molecular weight is 472 g/mol. The fourth-order valence-electron chi connectivity index (χ4n) is 3.58. The second kappa shape index (κ2) is 9.56. The zero-order chi connectivity index (χ0) is 22.6. The Hall–Kier alpha value is -3.49. The fourth-order valence-corrected chi connectivity index (χ4v) is 4.69. The molecule has 33 heavy (non-hydrogen) atoms. The lowest BCUT2D eigenvalue weighted by Gasteiger charge is -2.13. The van der Waals surface area contributed by atoms with Crippen LogP contribution in [0.15, 0.2) is 93.2 Å². The van der Waals surface area contributed by atoms with Crippen molar-refractivity contribution in [3.63, 3.8) is 0 Å². The normalized spacial score (nSPS) is 11.0. The Morgan fingerprint density at radius 3 is 1.85 bits per heavy atom. The predicted molar refractivity (Wildman–Crippen MR) is 138 cm³/mol. The van der Waals surface area contributed by atoms with E-state index in [-0.39, 0.29) is 0 Å². The SMILES string of the molecule is CSc1ccccc1Nc1nnc(Nc2ccccc2SC)c2c(-c3ccccc3)noc12. The summed E-state index contributed by atoms with van der Waals surface area (Å²) in [6.07, 6.45) is 4.09. The van der Waals surface area contributed by atoms with Gasteiger partial charge in [-0.3, -0.25) is 0 Å². The molecule has 2 heterocycles. The molecule has 0 radical (unpaired) electrons. The van der Waals surface area contributed by atoms with Crippen molar-refractivity contribution < 1.29 is 4.52 Å². The van der Waals surface area contributed by atoms with Crippen LogP contribution in [-0.2, 0) is 0 Å². The summed E-state index contributed by atoms with van der Waals surface area (Å²) < 4.78 is 5.85. The number of anilines is 4. The van der Waals surface area contributed by atoms with Gasteiger partial charge in [-0.15, -0.1) is 33.7 Å². The van der Waals surface area contributed by atoms with Crippen molar-refractivity contribution in [3.05, 3.63) is 78.9 Å². The second-order valence-corrected chi connectivity index (χ2v) is 8.85. The highest BCUT2D eigenvalue weighted by Gasteiger charge is 2.21. The van der Waals surface area contributed by atoms with E-state index in [1.54, 1.807) is 23.5 Å². The van der Waals surface area contributed by atoms with Gasteiger partial charge in [0.1, 0.15) is 5.69 Å². The van der Waals surface area contributed by atoms with Crippen LogP contribution in [0.25, 0.3) is 22.2 Å². The van der Waals surface area contributed by atoms with E-state index in [1.807, 2.05) is 79.2 Å². The maximum atomic E-state index is 5.85. The lowest BCUT2D eigenvalue weighted by atomic mass is 10.1. The molecule has 8 heteroatoms. The smallest absolute Gasteiger partial charge is 0.215 e. The number of aromatic nitrogens is 3. The van der Waals surface area contributed by atoms with E-state index < -0.39 is 0 Å². The molecule has 0 aliphatic heterocycles. The Morgan fingerprint density at radius 1 is 0.667 bits per heavy atom. The molecule has 0 fully saturated rings. The maximum Gasteiger partial charge on any atom is 0.215 e. The third kappa shape index (κ3) is 4.27. The van der Waals surface area contributed by atoms with Crippen molar-refractivity contribution in [3.8, 4) is 11.3 Å². The molecule has 0 unspecified atom stereocenters. The second-order valence-electron chi connectivity index (χ2n) is 7.15. The van der Waals surface area contributed by atoms with E-state index in [2.05, 4.69) is 38.1 Å². The highest BCUT2D eigenvalue weighted by molar-refractivity contribution is 7.99. The molecule has 0 bridgehead atoms. The van der Waals surface area contributed by atoms with Crippen LogP contribution in [0.4, 0.5) is 23.0 Å². The molecule has 0 aliphatic carbocycles. The zero-order valence-electron chi connectivity index (χ0n) is 18.1. The summed E-state index contributed by atoms with van der Waals surface area (Å²) in [5, 5.41) is 21.0. The van der Waals surface area contributed by atoms with E-state index in [4.69, 9.17) is 4.52 Å². The standard InChI is InChI=1S/C25H21N5OS2/c1-32-19-14-8-6-12-17(19)26-24-21-22(16-10-4-3-5-11-16)30-31-23(21)25(29-28-24)27-18-13-7-9-15-20(18)33-2/h3-15H,1-2H3,(H,26,28)(H,27,29). The minimum Gasteiger partial charge on any atom is -0.351 e. The molecule has 0 saturated carbocycles. The van der Waals surface area contributed by atoms with Gasteiger partial charge < -0.3 is 15.2 Å². The quantitative estimate of drug-likeness (QED) is 0.241. The van der Waals surface area contributed by atoms with Crippen LogP contribution in [0.1, 0.15) is 0 Å². The number of hydrogen-bond acceptors (Lipinski definition) is 8. The van der Waals surface area contributed by atoms with Crippen molar-refractivity contribution >= 4 is 57.5 Å². The molecule has 6 nitrogen and oxygen atoms in total. The molecule has 2 aromatic heterocycles. The molecular weight excluding hydrogens is 450 g/mol. The first-order chi connectivity index (χ1) is 16.3. The Kier molecular flexibility index (Phi) is 6.19. The minimum atomic E-state index is 0.518. The van der Waals surface area contributed by atoms with Gasteiger partial charge in [-0.25, -0.2) is 0 Å². The van der Waals surface area contributed by atoms with E-state index in [0.717, 1.165) is 32.1 Å². The van der Waals surface area contributed by atoms with Gasteiger partial charge >= 0.3 is 0 Å². The van der Waals surface area contributed by atoms with Crippen molar-refractivity contribution in [1.29, 1.82) is 0 Å². The van der Waals surface area contributed by atoms with Gasteiger partial charge in [0.2, 0.25) is 5.58 Å². The van der Waals surface area contributed by atoms with Crippen LogP contribution >= 0.6 is 23.5 Å². The molecular formula is C25H21N5OS2. The van der Waals surface area contributed by atoms with Crippen molar-refractivity contribution in [1.82, 2.24) is 15.4 Å². The third-order valence-corrected chi connectivity index (χ3v) is 6.75. The van der Waals surface area contributed by atoms with Crippen LogP contribution in [0.3, 0.4) is 0 Å². The van der Waals surface area contributed by atoms with Crippen molar-refractivity contribution in [2.75, 3.05) is 23.1 Å². The van der Waals surface area contributed by atoms with Gasteiger partial charge in [0.15, 0.2) is 11.6 Å². The molecule has 5 aromatic rings. The van der Waals surface area contributed by atoms with E-state index in [1.165, 1.54) is 0 Å². The number of hydrogen-bond donors (Lipinski definition) is 2. The summed E-state index contributed by atoms with van der Waals surface area (Å²) >= 11 is 3.33. The van der Waals surface area contributed by atoms with Crippen LogP contribution in [-0.4, -0.2) is 27.9 Å². The minimum absolute atomic E-state index is 0.518. The predicted octanol–water partition coefficient (Wildman–Crippen LogP) is 7.22. The molecule has 5 rings (SSSR count). The lowest BCUT2D eigenvalue weighted by molar-refractivity contribution is 0.459. The van der Waals surface area contributed by atoms with Crippen LogP contribution in [0.2, 0.25) is 0 Å². The first kappa shape index (κ1) is 21.4. The highest BCUT2D eigenvalue weighted by atomic mass is 32.2. The molecule has 0 spiro atoms. The van der Waals surface area contributed by atoms with E-state index >= 15 is 0 Å². The van der Waals surface area contributed by atoms with Crippen LogP contribution in [0, 0.1) is 0 Å². The number of para-hydroxylation sites is 2. The van der Waals surface area contributed by atoms with Gasteiger partial charge in [-0.1, -0.05) is 59.8 Å². The van der Waals surface area contributed by atoms with Gasteiger partial charge in [0.05, 0.1) is 16.8 Å². The number of fused-ring (bicyclic) bond motifs is 1. The van der Waals surface area contributed by atoms with Gasteiger partial charge in [0.25, 0.3) is 0 Å². The maximum absolute atomic E-state index is 5.85. The average Bonchev–Trinajstić information content (AvgIpc) is 3.33. The molecule has 0 amide bonds. The summed E-state index contributed by atoms with van der Waals surface area (Å²) in [5.41, 5.74) is 4.09.